The average Bonchev–Trinajstić information content (AvgIpc) is 2.31. The van der Waals surface area contributed by atoms with E-state index >= 15 is 0 Å². The molecule has 1 heterocycles. The first-order valence-electron chi connectivity index (χ1n) is 6.38. The van der Waals surface area contributed by atoms with Crippen molar-refractivity contribution in [2.75, 3.05) is 0 Å². The van der Waals surface area contributed by atoms with Crippen molar-refractivity contribution in [3.63, 3.8) is 0 Å². The van der Waals surface area contributed by atoms with Crippen LogP contribution >= 0.6 is 0 Å². The summed E-state index contributed by atoms with van der Waals surface area (Å²) in [6.07, 6.45) is 8.66. The summed E-state index contributed by atoms with van der Waals surface area (Å²) in [6, 6.07) is 4.12. The Bertz CT molecular complexity index is 312. The van der Waals surface area contributed by atoms with Gasteiger partial charge >= 0.3 is 0 Å². The molecule has 1 aromatic rings. The van der Waals surface area contributed by atoms with Crippen LogP contribution in [0.25, 0.3) is 0 Å². The van der Waals surface area contributed by atoms with E-state index in [0.717, 1.165) is 11.4 Å². The van der Waals surface area contributed by atoms with Crippen LogP contribution in [0.3, 0.4) is 0 Å². The predicted molar refractivity (Wildman–Crippen MR) is 65.8 cm³/mol. The minimum Gasteiger partial charge on any atom is -0.489 e. The van der Waals surface area contributed by atoms with Gasteiger partial charge in [0, 0.05) is 5.69 Å². The zero-order valence-electron chi connectivity index (χ0n) is 10.3. The lowest BCUT2D eigenvalue weighted by Crippen LogP contribution is -2.19. The third-order valence-corrected chi connectivity index (χ3v) is 3.21. The molecular formula is C14H21NO. The van der Waals surface area contributed by atoms with Crippen LogP contribution in [0.1, 0.15) is 57.6 Å². The molecule has 2 rings (SSSR count). The van der Waals surface area contributed by atoms with Crippen molar-refractivity contribution in [1.82, 2.24) is 4.98 Å². The Balaban J connectivity index is 1.93. The molecule has 16 heavy (non-hydrogen) atoms. The Morgan fingerprint density at radius 2 is 1.94 bits per heavy atom. The van der Waals surface area contributed by atoms with Crippen LogP contribution in [0.2, 0.25) is 0 Å². The Morgan fingerprint density at radius 3 is 2.50 bits per heavy atom. The van der Waals surface area contributed by atoms with E-state index in [0.29, 0.717) is 12.0 Å². The van der Waals surface area contributed by atoms with Gasteiger partial charge in [0.25, 0.3) is 0 Å². The highest BCUT2D eigenvalue weighted by Crippen LogP contribution is 2.23. The molecule has 0 N–H and O–H groups in total. The molecule has 0 amide bonds. The van der Waals surface area contributed by atoms with Gasteiger partial charge in [0.2, 0.25) is 0 Å². The first-order chi connectivity index (χ1) is 7.75. The molecular weight excluding hydrogens is 198 g/mol. The fourth-order valence-corrected chi connectivity index (χ4v) is 2.18. The molecule has 0 aliphatic heterocycles. The van der Waals surface area contributed by atoms with Crippen molar-refractivity contribution in [1.29, 1.82) is 0 Å². The molecule has 0 unspecified atom stereocenters. The van der Waals surface area contributed by atoms with Gasteiger partial charge in [0.15, 0.2) is 0 Å². The normalized spacial score (nSPS) is 17.7. The zero-order chi connectivity index (χ0) is 11.4. The van der Waals surface area contributed by atoms with Crippen molar-refractivity contribution in [2.24, 2.45) is 0 Å². The number of pyridine rings is 1. The first-order valence-corrected chi connectivity index (χ1v) is 6.38. The van der Waals surface area contributed by atoms with Crippen LogP contribution in [-0.2, 0) is 0 Å². The quantitative estimate of drug-likeness (QED) is 0.768. The number of nitrogens with zero attached hydrogens (tertiary/aromatic N) is 1. The van der Waals surface area contributed by atoms with E-state index in [2.05, 4.69) is 31.0 Å². The molecule has 0 radical (unpaired) electrons. The largest absolute Gasteiger partial charge is 0.489 e. The van der Waals surface area contributed by atoms with Gasteiger partial charge in [-0.25, -0.2) is 0 Å². The molecule has 0 saturated heterocycles. The van der Waals surface area contributed by atoms with Gasteiger partial charge in [-0.05, 0) is 43.7 Å². The van der Waals surface area contributed by atoms with E-state index < -0.39 is 0 Å². The molecule has 1 aromatic heterocycles. The summed E-state index contributed by atoms with van der Waals surface area (Å²) in [4.78, 5) is 4.42. The summed E-state index contributed by atoms with van der Waals surface area (Å²) in [7, 11) is 0. The standard InChI is InChI=1S/C14H21NO/c1-11(2)14-9-8-13(10-15-14)16-12-6-4-3-5-7-12/h8-12H,3-7H2,1-2H3. The van der Waals surface area contributed by atoms with Gasteiger partial charge in [0.1, 0.15) is 5.75 Å². The van der Waals surface area contributed by atoms with E-state index in [1.165, 1.54) is 32.1 Å². The smallest absolute Gasteiger partial charge is 0.138 e. The minimum absolute atomic E-state index is 0.417. The summed E-state index contributed by atoms with van der Waals surface area (Å²) in [5.41, 5.74) is 1.14. The lowest BCUT2D eigenvalue weighted by molar-refractivity contribution is 0.154. The number of hydrogen-bond acceptors (Lipinski definition) is 2. The van der Waals surface area contributed by atoms with Crippen LogP contribution in [-0.4, -0.2) is 11.1 Å². The van der Waals surface area contributed by atoms with Gasteiger partial charge in [-0.3, -0.25) is 4.98 Å². The third-order valence-electron chi connectivity index (χ3n) is 3.21. The molecule has 1 fully saturated rings. The second kappa shape index (κ2) is 5.33. The van der Waals surface area contributed by atoms with Crippen molar-refractivity contribution in [2.45, 2.75) is 58.0 Å². The van der Waals surface area contributed by atoms with E-state index in [4.69, 9.17) is 4.74 Å². The van der Waals surface area contributed by atoms with Gasteiger partial charge < -0.3 is 4.74 Å². The maximum Gasteiger partial charge on any atom is 0.138 e. The number of aromatic nitrogens is 1. The lowest BCUT2D eigenvalue weighted by Gasteiger charge is -2.22. The maximum atomic E-state index is 5.93. The summed E-state index contributed by atoms with van der Waals surface area (Å²) < 4.78 is 5.93. The zero-order valence-corrected chi connectivity index (χ0v) is 10.3. The Kier molecular flexibility index (Phi) is 3.81. The molecule has 88 valence electrons. The highest BCUT2D eigenvalue weighted by Gasteiger charge is 2.14. The summed E-state index contributed by atoms with van der Waals surface area (Å²) in [5, 5.41) is 0. The predicted octanol–water partition coefficient (Wildman–Crippen LogP) is 3.92. The third kappa shape index (κ3) is 2.97. The minimum atomic E-state index is 0.417. The molecule has 2 nitrogen and oxygen atoms in total. The molecule has 1 saturated carbocycles. The molecule has 0 atom stereocenters. The van der Waals surface area contributed by atoms with Gasteiger partial charge in [-0.15, -0.1) is 0 Å². The highest BCUT2D eigenvalue weighted by atomic mass is 16.5. The Labute approximate surface area is 98.0 Å². The van der Waals surface area contributed by atoms with E-state index in [1.807, 2.05) is 6.20 Å². The van der Waals surface area contributed by atoms with Gasteiger partial charge in [-0.2, -0.15) is 0 Å². The Hall–Kier alpha value is -1.05. The molecule has 0 aromatic carbocycles. The topological polar surface area (TPSA) is 22.1 Å². The van der Waals surface area contributed by atoms with Crippen molar-refractivity contribution < 1.29 is 4.74 Å². The van der Waals surface area contributed by atoms with E-state index in [9.17, 15) is 0 Å². The Morgan fingerprint density at radius 1 is 1.19 bits per heavy atom. The lowest BCUT2D eigenvalue weighted by atomic mass is 9.98. The number of hydrogen-bond donors (Lipinski definition) is 0. The SMILES string of the molecule is CC(C)c1ccc(OC2CCCCC2)cn1. The van der Waals surface area contributed by atoms with Crippen LogP contribution in [0.4, 0.5) is 0 Å². The monoisotopic (exact) mass is 219 g/mol. The van der Waals surface area contributed by atoms with E-state index in [1.54, 1.807) is 0 Å². The highest BCUT2D eigenvalue weighted by molar-refractivity contribution is 5.21. The van der Waals surface area contributed by atoms with Crippen LogP contribution in [0, 0.1) is 0 Å². The van der Waals surface area contributed by atoms with Crippen LogP contribution < -0.4 is 4.74 Å². The molecule has 0 spiro atoms. The fraction of sp³-hybridized carbons (Fsp3) is 0.643. The molecule has 1 aliphatic rings. The van der Waals surface area contributed by atoms with Crippen LogP contribution in [0.15, 0.2) is 18.3 Å². The second-order valence-corrected chi connectivity index (χ2v) is 4.95. The second-order valence-electron chi connectivity index (χ2n) is 4.95. The van der Waals surface area contributed by atoms with Crippen molar-refractivity contribution in [3.05, 3.63) is 24.0 Å². The van der Waals surface area contributed by atoms with Crippen molar-refractivity contribution >= 4 is 0 Å². The van der Waals surface area contributed by atoms with Gasteiger partial charge in [-0.1, -0.05) is 20.3 Å². The number of rotatable bonds is 3. The first kappa shape index (κ1) is 11.4. The van der Waals surface area contributed by atoms with Crippen LogP contribution in [0.5, 0.6) is 5.75 Å². The van der Waals surface area contributed by atoms with Gasteiger partial charge in [0.05, 0.1) is 12.3 Å². The maximum absolute atomic E-state index is 5.93. The average molecular weight is 219 g/mol. The molecule has 2 heteroatoms. The molecule has 1 aliphatic carbocycles. The fourth-order valence-electron chi connectivity index (χ4n) is 2.18. The summed E-state index contributed by atoms with van der Waals surface area (Å²) in [5.74, 6) is 1.42. The van der Waals surface area contributed by atoms with E-state index in [-0.39, 0.29) is 0 Å². The molecule has 0 bridgehead atoms. The number of ether oxygens (including phenoxy) is 1. The summed E-state index contributed by atoms with van der Waals surface area (Å²) in [6.45, 7) is 4.31. The summed E-state index contributed by atoms with van der Waals surface area (Å²) >= 11 is 0. The van der Waals surface area contributed by atoms with Crippen molar-refractivity contribution in [3.8, 4) is 5.75 Å².